The van der Waals surface area contributed by atoms with Gasteiger partial charge in [-0.2, -0.15) is 0 Å². The van der Waals surface area contributed by atoms with Gasteiger partial charge in [-0.25, -0.2) is 4.39 Å². The lowest BCUT2D eigenvalue weighted by Gasteiger charge is -2.26. The van der Waals surface area contributed by atoms with Gasteiger partial charge in [0.25, 0.3) is 5.91 Å². The highest BCUT2D eigenvalue weighted by molar-refractivity contribution is 5.94. The van der Waals surface area contributed by atoms with Gasteiger partial charge in [0, 0.05) is 12.1 Å². The zero-order chi connectivity index (χ0) is 15.5. The number of aryl methyl sites for hydroxylation is 1. The molecular weight excluding hydrogens is 279 g/mol. The fraction of sp³-hybridized carbons (Fsp3) is 0.278. The van der Waals surface area contributed by atoms with Crippen LogP contribution in [0.5, 0.6) is 0 Å². The summed E-state index contributed by atoms with van der Waals surface area (Å²) in [4.78, 5) is 12.4. The summed E-state index contributed by atoms with van der Waals surface area (Å²) in [5.74, 6) is -0.334. The van der Waals surface area contributed by atoms with Crippen molar-refractivity contribution in [3.8, 4) is 0 Å². The highest BCUT2D eigenvalue weighted by Gasteiger charge is 2.22. The van der Waals surface area contributed by atoms with Crippen LogP contribution in [0.25, 0.3) is 0 Å². The van der Waals surface area contributed by atoms with Gasteiger partial charge >= 0.3 is 0 Å². The van der Waals surface area contributed by atoms with Gasteiger partial charge in [-0.3, -0.25) is 4.79 Å². The lowest BCUT2D eigenvalue weighted by molar-refractivity contribution is 0.0932. The van der Waals surface area contributed by atoms with E-state index in [2.05, 4.69) is 5.32 Å². The molecule has 2 aromatic rings. The molecule has 0 spiro atoms. The Hall–Kier alpha value is -2.20. The van der Waals surface area contributed by atoms with Gasteiger partial charge in [-0.05, 0) is 60.2 Å². The van der Waals surface area contributed by atoms with Crippen LogP contribution in [0.15, 0.2) is 42.5 Å². The van der Waals surface area contributed by atoms with Crippen LogP contribution in [-0.2, 0) is 13.0 Å². The molecule has 3 nitrogen and oxygen atoms in total. The van der Waals surface area contributed by atoms with E-state index in [-0.39, 0.29) is 17.8 Å². The van der Waals surface area contributed by atoms with Crippen LogP contribution in [-0.4, -0.2) is 5.91 Å². The second-order valence-electron chi connectivity index (χ2n) is 5.67. The van der Waals surface area contributed by atoms with Crippen LogP contribution in [0.4, 0.5) is 4.39 Å². The molecule has 1 amide bonds. The normalized spacial score (nSPS) is 16.9. The fourth-order valence-corrected chi connectivity index (χ4v) is 3.01. The number of hydrogen-bond donors (Lipinski definition) is 2. The van der Waals surface area contributed by atoms with Crippen molar-refractivity contribution in [2.75, 3.05) is 0 Å². The third-order valence-corrected chi connectivity index (χ3v) is 4.15. The average Bonchev–Trinajstić information content (AvgIpc) is 2.54. The van der Waals surface area contributed by atoms with E-state index in [4.69, 9.17) is 5.73 Å². The number of carbonyl (C=O) groups is 1. The van der Waals surface area contributed by atoms with Crippen LogP contribution < -0.4 is 11.1 Å². The summed E-state index contributed by atoms with van der Waals surface area (Å²) in [6.45, 7) is 0.409. The minimum Gasteiger partial charge on any atom is -0.345 e. The summed E-state index contributed by atoms with van der Waals surface area (Å²) < 4.78 is 13.3. The lowest BCUT2D eigenvalue weighted by Crippen LogP contribution is -2.31. The van der Waals surface area contributed by atoms with Crippen molar-refractivity contribution in [3.05, 3.63) is 70.5 Å². The molecule has 0 bridgehead atoms. The van der Waals surface area contributed by atoms with Crippen LogP contribution in [0, 0.1) is 5.82 Å². The molecule has 0 aliphatic heterocycles. The first-order chi connectivity index (χ1) is 10.7. The topological polar surface area (TPSA) is 55.1 Å². The highest BCUT2D eigenvalue weighted by atomic mass is 19.1. The summed E-state index contributed by atoms with van der Waals surface area (Å²) >= 11 is 0. The van der Waals surface area contributed by atoms with Gasteiger partial charge in [0.1, 0.15) is 5.82 Å². The second-order valence-corrected chi connectivity index (χ2v) is 5.67. The Bertz CT molecular complexity index is 699. The zero-order valence-corrected chi connectivity index (χ0v) is 12.3. The summed E-state index contributed by atoms with van der Waals surface area (Å²) in [6.07, 6.45) is 2.69. The van der Waals surface area contributed by atoms with Gasteiger partial charge in [-0.15, -0.1) is 0 Å². The van der Waals surface area contributed by atoms with E-state index in [9.17, 15) is 9.18 Å². The van der Waals surface area contributed by atoms with Gasteiger partial charge < -0.3 is 11.1 Å². The number of amides is 1. The molecule has 0 radical (unpaired) electrons. The zero-order valence-electron chi connectivity index (χ0n) is 12.3. The maximum absolute atomic E-state index is 13.3. The number of hydrogen-bond acceptors (Lipinski definition) is 2. The van der Waals surface area contributed by atoms with E-state index in [1.54, 1.807) is 18.2 Å². The Labute approximate surface area is 129 Å². The molecule has 4 heteroatoms. The van der Waals surface area contributed by atoms with E-state index in [1.807, 2.05) is 18.2 Å². The van der Waals surface area contributed by atoms with E-state index >= 15 is 0 Å². The first-order valence-electron chi connectivity index (χ1n) is 7.55. The van der Waals surface area contributed by atoms with Crippen molar-refractivity contribution in [1.29, 1.82) is 0 Å². The van der Waals surface area contributed by atoms with E-state index in [0.717, 1.165) is 36.0 Å². The molecule has 1 unspecified atom stereocenters. The third kappa shape index (κ3) is 3.02. The van der Waals surface area contributed by atoms with E-state index in [0.29, 0.717) is 12.1 Å². The molecule has 0 aromatic heterocycles. The molecule has 3 rings (SSSR count). The predicted molar refractivity (Wildman–Crippen MR) is 83.9 cm³/mol. The van der Waals surface area contributed by atoms with Crippen molar-refractivity contribution in [3.63, 3.8) is 0 Å². The summed E-state index contributed by atoms with van der Waals surface area (Å²) in [7, 11) is 0. The van der Waals surface area contributed by atoms with Crippen molar-refractivity contribution in [1.82, 2.24) is 5.32 Å². The Morgan fingerprint density at radius 2 is 2.14 bits per heavy atom. The Morgan fingerprint density at radius 3 is 2.95 bits per heavy atom. The summed E-state index contributed by atoms with van der Waals surface area (Å²) in [5.41, 5.74) is 9.17. The minimum absolute atomic E-state index is 0.0571. The van der Waals surface area contributed by atoms with Crippen LogP contribution >= 0.6 is 0 Å². The van der Waals surface area contributed by atoms with Crippen LogP contribution in [0.2, 0.25) is 0 Å². The third-order valence-electron chi connectivity index (χ3n) is 4.15. The second kappa shape index (κ2) is 6.28. The van der Waals surface area contributed by atoms with Crippen LogP contribution in [0.3, 0.4) is 0 Å². The number of halogens is 1. The molecule has 22 heavy (non-hydrogen) atoms. The van der Waals surface area contributed by atoms with Gasteiger partial charge in [0.05, 0.1) is 6.04 Å². The van der Waals surface area contributed by atoms with Gasteiger partial charge in [-0.1, -0.05) is 18.2 Å². The first kappa shape index (κ1) is 14.7. The summed E-state index contributed by atoms with van der Waals surface area (Å²) in [6, 6.07) is 12.1. The number of rotatable bonds is 3. The monoisotopic (exact) mass is 298 g/mol. The van der Waals surface area contributed by atoms with E-state index < -0.39 is 0 Å². The van der Waals surface area contributed by atoms with Crippen molar-refractivity contribution in [2.45, 2.75) is 31.8 Å². The van der Waals surface area contributed by atoms with Gasteiger partial charge in [0.15, 0.2) is 0 Å². The van der Waals surface area contributed by atoms with Crippen molar-refractivity contribution in [2.24, 2.45) is 5.73 Å². The molecule has 1 atom stereocenters. The highest BCUT2D eigenvalue weighted by Crippen LogP contribution is 2.30. The number of nitrogens with two attached hydrogens (primary N) is 1. The molecule has 1 aliphatic carbocycles. The molecule has 2 aromatic carbocycles. The smallest absolute Gasteiger partial charge is 0.251 e. The minimum atomic E-state index is -0.221. The molecule has 1 aliphatic rings. The number of carbonyl (C=O) groups excluding carboxylic acids is 1. The maximum atomic E-state index is 13.3. The standard InChI is InChI=1S/C18H19FN2O/c19-15-7-8-16-13(10-15)4-2-6-17(16)21-18(22)14-5-1-3-12(9-14)11-20/h1,3,5,7-10,17H,2,4,6,11,20H2,(H,21,22). The molecular formula is C18H19FN2O. The quantitative estimate of drug-likeness (QED) is 0.915. The first-order valence-corrected chi connectivity index (χ1v) is 7.55. The lowest BCUT2D eigenvalue weighted by atomic mass is 9.87. The number of benzene rings is 2. The Morgan fingerprint density at radius 1 is 1.27 bits per heavy atom. The van der Waals surface area contributed by atoms with Crippen LogP contribution in [0.1, 0.15) is 45.9 Å². The molecule has 0 heterocycles. The van der Waals surface area contributed by atoms with E-state index in [1.165, 1.54) is 6.07 Å². The number of nitrogens with one attached hydrogen (secondary N) is 1. The number of fused-ring (bicyclic) bond motifs is 1. The molecule has 114 valence electrons. The molecule has 0 saturated heterocycles. The molecule has 0 fully saturated rings. The Kier molecular flexibility index (Phi) is 4.20. The maximum Gasteiger partial charge on any atom is 0.251 e. The SMILES string of the molecule is NCc1cccc(C(=O)NC2CCCc3cc(F)ccc32)c1. The summed E-state index contributed by atoms with van der Waals surface area (Å²) in [5, 5.41) is 3.06. The molecule has 0 saturated carbocycles. The van der Waals surface area contributed by atoms with Gasteiger partial charge in [0.2, 0.25) is 0 Å². The largest absolute Gasteiger partial charge is 0.345 e. The van der Waals surface area contributed by atoms with Crippen molar-refractivity contribution >= 4 is 5.91 Å². The fourth-order valence-electron chi connectivity index (χ4n) is 3.01. The average molecular weight is 298 g/mol. The Balaban J connectivity index is 1.80. The van der Waals surface area contributed by atoms with Crippen molar-refractivity contribution < 1.29 is 9.18 Å². The predicted octanol–water partition coefficient (Wildman–Crippen LogP) is 3.09. The molecule has 3 N–H and O–H groups in total.